The summed E-state index contributed by atoms with van der Waals surface area (Å²) >= 11 is 0. The molecule has 0 aliphatic rings. The van der Waals surface area contributed by atoms with Gasteiger partial charge in [0.1, 0.15) is 0 Å². The number of hydrogen-bond acceptors (Lipinski definition) is 4. The van der Waals surface area contributed by atoms with Gasteiger partial charge in [-0.15, -0.1) is 0 Å². The Kier molecular flexibility index (Phi) is 6.74. The first-order chi connectivity index (χ1) is 12.3. The van der Waals surface area contributed by atoms with Crippen molar-refractivity contribution in [2.75, 3.05) is 5.75 Å². The van der Waals surface area contributed by atoms with Crippen LogP contribution >= 0.6 is 0 Å². The molecule has 1 heterocycles. The molecule has 0 bridgehead atoms. The van der Waals surface area contributed by atoms with Gasteiger partial charge in [0.2, 0.25) is 0 Å². The van der Waals surface area contributed by atoms with Crippen LogP contribution in [0.5, 0.6) is 0 Å². The SMILES string of the molecule is CC[C@@H](CS(=O)(=O)c1ccc(C)c(C)c1)NC(=O)NCc1cccnc1. The van der Waals surface area contributed by atoms with Crippen molar-refractivity contribution < 1.29 is 13.2 Å². The van der Waals surface area contributed by atoms with Crippen LogP contribution in [0.1, 0.15) is 30.0 Å². The Labute approximate surface area is 155 Å². The predicted molar refractivity (Wildman–Crippen MR) is 102 cm³/mol. The number of aryl methyl sites for hydroxylation is 2. The smallest absolute Gasteiger partial charge is 0.315 e. The molecule has 0 saturated heterocycles. The molecule has 1 atom stereocenters. The van der Waals surface area contributed by atoms with Crippen molar-refractivity contribution in [1.82, 2.24) is 15.6 Å². The summed E-state index contributed by atoms with van der Waals surface area (Å²) in [5.41, 5.74) is 2.85. The summed E-state index contributed by atoms with van der Waals surface area (Å²) in [6, 6.07) is 7.89. The Morgan fingerprint density at radius 3 is 2.58 bits per heavy atom. The van der Waals surface area contributed by atoms with E-state index in [1.807, 2.05) is 26.8 Å². The van der Waals surface area contributed by atoms with Crippen LogP contribution < -0.4 is 10.6 Å². The molecule has 0 spiro atoms. The highest BCUT2D eigenvalue weighted by atomic mass is 32.2. The average Bonchev–Trinajstić information content (AvgIpc) is 2.62. The van der Waals surface area contributed by atoms with E-state index in [1.165, 1.54) is 0 Å². The number of hydrogen-bond donors (Lipinski definition) is 2. The zero-order chi connectivity index (χ0) is 19.2. The first-order valence-corrected chi connectivity index (χ1v) is 10.2. The second kappa shape index (κ2) is 8.80. The molecule has 2 amide bonds. The fourth-order valence-corrected chi connectivity index (χ4v) is 4.12. The maximum absolute atomic E-state index is 12.6. The van der Waals surface area contributed by atoms with E-state index < -0.39 is 21.9 Å². The highest BCUT2D eigenvalue weighted by molar-refractivity contribution is 7.91. The Hall–Kier alpha value is -2.41. The van der Waals surface area contributed by atoms with Gasteiger partial charge in [-0.05, 0) is 55.2 Å². The van der Waals surface area contributed by atoms with Gasteiger partial charge in [-0.1, -0.05) is 19.1 Å². The Morgan fingerprint density at radius 1 is 1.19 bits per heavy atom. The van der Waals surface area contributed by atoms with E-state index in [0.29, 0.717) is 13.0 Å². The average molecular weight is 375 g/mol. The highest BCUT2D eigenvalue weighted by Crippen LogP contribution is 2.17. The molecule has 2 aromatic rings. The van der Waals surface area contributed by atoms with E-state index in [9.17, 15) is 13.2 Å². The third kappa shape index (κ3) is 5.56. The van der Waals surface area contributed by atoms with Crippen LogP contribution in [0.15, 0.2) is 47.6 Å². The van der Waals surface area contributed by atoms with Crippen molar-refractivity contribution >= 4 is 15.9 Å². The number of nitrogens with one attached hydrogen (secondary N) is 2. The number of carbonyl (C=O) groups is 1. The summed E-state index contributed by atoms with van der Waals surface area (Å²) in [4.78, 5) is 16.3. The molecule has 140 valence electrons. The summed E-state index contributed by atoms with van der Waals surface area (Å²) in [5, 5.41) is 5.46. The van der Waals surface area contributed by atoms with Gasteiger partial charge >= 0.3 is 6.03 Å². The number of amides is 2. The van der Waals surface area contributed by atoms with Crippen molar-refractivity contribution in [3.8, 4) is 0 Å². The summed E-state index contributed by atoms with van der Waals surface area (Å²) in [6.07, 6.45) is 3.85. The van der Waals surface area contributed by atoms with Crippen molar-refractivity contribution in [3.05, 3.63) is 59.4 Å². The van der Waals surface area contributed by atoms with Gasteiger partial charge in [0.15, 0.2) is 9.84 Å². The van der Waals surface area contributed by atoms with Crippen LogP contribution in [-0.2, 0) is 16.4 Å². The van der Waals surface area contributed by atoms with Crippen molar-refractivity contribution in [1.29, 1.82) is 0 Å². The van der Waals surface area contributed by atoms with Gasteiger partial charge in [-0.25, -0.2) is 13.2 Å². The highest BCUT2D eigenvalue weighted by Gasteiger charge is 2.22. The number of rotatable bonds is 7. The number of benzene rings is 1. The molecular formula is C19H25N3O3S. The molecule has 0 saturated carbocycles. The topological polar surface area (TPSA) is 88.2 Å². The lowest BCUT2D eigenvalue weighted by Gasteiger charge is -2.18. The van der Waals surface area contributed by atoms with Crippen LogP contribution in [0.25, 0.3) is 0 Å². The lowest BCUT2D eigenvalue weighted by atomic mass is 10.1. The Bertz CT molecular complexity index is 852. The Balaban J connectivity index is 1.97. The van der Waals surface area contributed by atoms with Crippen LogP contribution in [0, 0.1) is 13.8 Å². The van der Waals surface area contributed by atoms with Gasteiger partial charge in [0, 0.05) is 25.0 Å². The van der Waals surface area contributed by atoms with Gasteiger partial charge in [0.25, 0.3) is 0 Å². The number of pyridine rings is 1. The minimum atomic E-state index is -3.48. The minimum absolute atomic E-state index is 0.133. The molecule has 2 N–H and O–H groups in total. The summed E-state index contributed by atoms with van der Waals surface area (Å²) in [5.74, 6) is -0.133. The van der Waals surface area contributed by atoms with E-state index in [0.717, 1.165) is 16.7 Å². The predicted octanol–water partition coefficient (Wildman–Crippen LogP) is 2.75. The molecule has 6 nitrogen and oxygen atoms in total. The number of nitrogens with zero attached hydrogens (tertiary/aromatic N) is 1. The maximum atomic E-state index is 12.6. The van der Waals surface area contributed by atoms with Crippen LogP contribution in [0.3, 0.4) is 0 Å². The van der Waals surface area contributed by atoms with E-state index in [2.05, 4.69) is 15.6 Å². The normalized spacial score (nSPS) is 12.4. The van der Waals surface area contributed by atoms with Gasteiger partial charge < -0.3 is 10.6 Å². The molecule has 0 aliphatic carbocycles. The lowest BCUT2D eigenvalue weighted by Crippen LogP contribution is -2.44. The third-order valence-corrected chi connectivity index (χ3v) is 6.08. The molecule has 0 radical (unpaired) electrons. The molecule has 0 aliphatic heterocycles. The fraction of sp³-hybridized carbons (Fsp3) is 0.368. The largest absolute Gasteiger partial charge is 0.334 e. The summed E-state index contributed by atoms with van der Waals surface area (Å²) < 4.78 is 25.3. The first kappa shape index (κ1) is 19.9. The molecule has 26 heavy (non-hydrogen) atoms. The third-order valence-electron chi connectivity index (χ3n) is 4.26. The lowest BCUT2D eigenvalue weighted by molar-refractivity contribution is 0.237. The molecule has 1 aromatic carbocycles. The second-order valence-electron chi connectivity index (χ2n) is 6.32. The van der Waals surface area contributed by atoms with E-state index in [1.54, 1.807) is 36.7 Å². The van der Waals surface area contributed by atoms with Gasteiger partial charge in [0.05, 0.1) is 10.6 Å². The van der Waals surface area contributed by atoms with Crippen molar-refractivity contribution in [3.63, 3.8) is 0 Å². The number of aromatic nitrogens is 1. The second-order valence-corrected chi connectivity index (χ2v) is 8.36. The zero-order valence-electron chi connectivity index (χ0n) is 15.3. The van der Waals surface area contributed by atoms with Crippen molar-refractivity contribution in [2.45, 2.75) is 44.7 Å². The standard InChI is InChI=1S/C19H25N3O3S/c1-4-17(22-19(23)21-12-16-6-5-9-20-11-16)13-26(24,25)18-8-7-14(2)15(3)10-18/h5-11,17H,4,12-13H2,1-3H3,(H2,21,22,23)/t17-/m0/s1. The maximum Gasteiger partial charge on any atom is 0.315 e. The van der Waals surface area contributed by atoms with Gasteiger partial charge in [-0.2, -0.15) is 0 Å². The quantitative estimate of drug-likeness (QED) is 0.779. The van der Waals surface area contributed by atoms with Crippen molar-refractivity contribution in [2.24, 2.45) is 0 Å². The molecule has 1 aromatic heterocycles. The Morgan fingerprint density at radius 2 is 1.96 bits per heavy atom. The molecule has 0 fully saturated rings. The van der Waals surface area contributed by atoms with E-state index in [4.69, 9.17) is 0 Å². The number of urea groups is 1. The number of carbonyl (C=O) groups excluding carboxylic acids is 1. The summed E-state index contributed by atoms with van der Waals surface area (Å²) in [7, 11) is -3.48. The van der Waals surface area contributed by atoms with Gasteiger partial charge in [-0.3, -0.25) is 4.98 Å². The van der Waals surface area contributed by atoms with E-state index in [-0.39, 0.29) is 10.6 Å². The molecule has 0 unspecified atom stereocenters. The number of sulfone groups is 1. The minimum Gasteiger partial charge on any atom is -0.334 e. The van der Waals surface area contributed by atoms with Crippen LogP contribution in [0.2, 0.25) is 0 Å². The molecular weight excluding hydrogens is 350 g/mol. The molecule has 2 rings (SSSR count). The van der Waals surface area contributed by atoms with E-state index >= 15 is 0 Å². The first-order valence-electron chi connectivity index (χ1n) is 8.55. The zero-order valence-corrected chi connectivity index (χ0v) is 16.1. The molecule has 7 heteroatoms. The van der Waals surface area contributed by atoms with Crippen LogP contribution in [-0.4, -0.2) is 31.2 Å². The fourth-order valence-electron chi connectivity index (χ4n) is 2.45. The van der Waals surface area contributed by atoms with Crippen LogP contribution in [0.4, 0.5) is 4.79 Å². The monoisotopic (exact) mass is 375 g/mol. The summed E-state index contributed by atoms with van der Waals surface area (Å²) in [6.45, 7) is 6.01.